The number of anilines is 1. The monoisotopic (exact) mass is 361 g/mol. The maximum Gasteiger partial charge on any atom is 0.338 e. The van der Waals surface area contributed by atoms with Crippen molar-refractivity contribution in [1.29, 1.82) is 0 Å². The van der Waals surface area contributed by atoms with Gasteiger partial charge in [-0.3, -0.25) is 4.98 Å². The summed E-state index contributed by atoms with van der Waals surface area (Å²) in [6.45, 7) is 2.58. The number of carboxylic acid groups (broad SMARTS) is 1. The highest BCUT2D eigenvalue weighted by molar-refractivity contribution is 5.86. The van der Waals surface area contributed by atoms with Gasteiger partial charge in [-0.2, -0.15) is 0 Å². The van der Waals surface area contributed by atoms with Crippen molar-refractivity contribution in [3.05, 3.63) is 60.0 Å². The second-order valence-corrected chi connectivity index (χ2v) is 7.21. The summed E-state index contributed by atoms with van der Waals surface area (Å²) in [5.74, 6) is 0.793. The highest BCUT2D eigenvalue weighted by Crippen LogP contribution is 2.46. The number of para-hydroxylation sites is 1. The van der Waals surface area contributed by atoms with E-state index in [4.69, 9.17) is 10.1 Å². The number of hydrogen-bond acceptors (Lipinski definition) is 6. The number of pyridine rings is 1. The Balaban J connectivity index is 1.17. The summed E-state index contributed by atoms with van der Waals surface area (Å²) in [7, 11) is 0. The van der Waals surface area contributed by atoms with E-state index in [1.807, 2.05) is 18.2 Å². The van der Waals surface area contributed by atoms with Crippen LogP contribution in [0.25, 0.3) is 10.9 Å². The predicted octanol–water partition coefficient (Wildman–Crippen LogP) is 1.95. The Kier molecular flexibility index (Phi) is 3.75. The van der Waals surface area contributed by atoms with Crippen molar-refractivity contribution < 1.29 is 9.90 Å². The van der Waals surface area contributed by atoms with Crippen LogP contribution in [0.1, 0.15) is 16.1 Å². The quantitative estimate of drug-likeness (QED) is 0.718. The molecule has 1 saturated carbocycles. The number of aromatic carboxylic acids is 1. The number of rotatable bonds is 5. The van der Waals surface area contributed by atoms with E-state index >= 15 is 0 Å². The average Bonchev–Trinajstić information content (AvgIpc) is 3.15. The van der Waals surface area contributed by atoms with Crippen molar-refractivity contribution in [1.82, 2.24) is 20.3 Å². The molecule has 1 aliphatic carbocycles. The van der Waals surface area contributed by atoms with Crippen LogP contribution in [0.5, 0.6) is 0 Å². The van der Waals surface area contributed by atoms with E-state index in [1.54, 1.807) is 0 Å². The van der Waals surface area contributed by atoms with E-state index in [-0.39, 0.29) is 5.56 Å². The van der Waals surface area contributed by atoms with Gasteiger partial charge in [-0.25, -0.2) is 14.8 Å². The van der Waals surface area contributed by atoms with Gasteiger partial charge in [0.2, 0.25) is 5.95 Å². The number of aromatic nitrogens is 3. The van der Waals surface area contributed by atoms with Crippen LogP contribution >= 0.6 is 0 Å². The molecule has 7 nitrogen and oxygen atoms in total. The standard InChI is InChI=1S/C20H19N5O2/c26-19(27)13-7-22-20(23-8-13)25-10-15-16(11-25)18(15)21-9-14-6-5-12-3-1-2-4-17(12)24-14/h1-8,15-16,18,21H,9-11H2,(H,26,27)/t15-,16+,18?. The first-order valence-corrected chi connectivity index (χ1v) is 9.07. The lowest BCUT2D eigenvalue weighted by Gasteiger charge is -2.20. The topological polar surface area (TPSA) is 91.2 Å². The number of carbonyl (C=O) groups is 1. The molecule has 0 amide bonds. The zero-order valence-corrected chi connectivity index (χ0v) is 14.6. The average molecular weight is 361 g/mol. The molecule has 5 rings (SSSR count). The molecular formula is C20H19N5O2. The van der Waals surface area contributed by atoms with Gasteiger partial charge in [-0.1, -0.05) is 24.3 Å². The van der Waals surface area contributed by atoms with Crippen molar-refractivity contribution in [2.24, 2.45) is 11.8 Å². The van der Waals surface area contributed by atoms with Crippen LogP contribution in [0.3, 0.4) is 0 Å². The zero-order valence-electron chi connectivity index (χ0n) is 14.6. The second-order valence-electron chi connectivity index (χ2n) is 7.21. The van der Waals surface area contributed by atoms with Gasteiger partial charge in [0.15, 0.2) is 0 Å². The Morgan fingerprint density at radius 2 is 1.85 bits per heavy atom. The lowest BCUT2D eigenvalue weighted by Crippen LogP contribution is -2.32. The fraction of sp³-hybridized carbons (Fsp3) is 0.300. The predicted molar refractivity (Wildman–Crippen MR) is 101 cm³/mol. The van der Waals surface area contributed by atoms with E-state index < -0.39 is 5.97 Å². The van der Waals surface area contributed by atoms with Gasteiger partial charge < -0.3 is 15.3 Å². The summed E-state index contributed by atoms with van der Waals surface area (Å²) in [4.78, 5) is 26.1. The largest absolute Gasteiger partial charge is 0.478 e. The van der Waals surface area contributed by atoms with Gasteiger partial charge in [-0.05, 0) is 24.0 Å². The first kappa shape index (κ1) is 16.1. The number of hydrogen-bond donors (Lipinski definition) is 2. The number of carboxylic acids is 1. The van der Waals surface area contributed by atoms with Crippen molar-refractivity contribution in [2.45, 2.75) is 12.6 Å². The highest BCUT2D eigenvalue weighted by Gasteiger charge is 2.55. The van der Waals surface area contributed by atoms with Gasteiger partial charge in [0, 0.05) is 43.5 Å². The Morgan fingerprint density at radius 1 is 1.11 bits per heavy atom. The lowest BCUT2D eigenvalue weighted by atomic mass is 10.2. The third-order valence-electron chi connectivity index (χ3n) is 5.54. The summed E-state index contributed by atoms with van der Waals surface area (Å²) in [5.41, 5.74) is 2.20. The number of fused-ring (bicyclic) bond motifs is 2. The van der Waals surface area contributed by atoms with Crippen LogP contribution in [0.2, 0.25) is 0 Å². The minimum Gasteiger partial charge on any atom is -0.478 e. The molecule has 1 saturated heterocycles. The molecule has 3 heterocycles. The second kappa shape index (κ2) is 6.28. The molecule has 3 aromatic rings. The molecule has 3 atom stereocenters. The first-order chi connectivity index (χ1) is 13.2. The first-order valence-electron chi connectivity index (χ1n) is 9.07. The van der Waals surface area contributed by atoms with E-state index in [2.05, 4.69) is 38.4 Å². The Bertz CT molecular complexity index is 995. The Morgan fingerprint density at radius 3 is 2.59 bits per heavy atom. The Hall–Kier alpha value is -3.06. The molecule has 1 unspecified atom stereocenters. The fourth-order valence-corrected chi connectivity index (χ4v) is 4.02. The maximum absolute atomic E-state index is 10.9. The van der Waals surface area contributed by atoms with Crippen molar-refractivity contribution in [3.63, 3.8) is 0 Å². The minimum atomic E-state index is -1.00. The van der Waals surface area contributed by atoms with Crippen LogP contribution < -0.4 is 10.2 Å². The summed E-state index contributed by atoms with van der Waals surface area (Å²) in [5, 5.41) is 13.7. The molecule has 2 fully saturated rings. The van der Waals surface area contributed by atoms with Crippen LogP contribution in [0.4, 0.5) is 5.95 Å². The van der Waals surface area contributed by atoms with Gasteiger partial charge in [0.25, 0.3) is 0 Å². The number of nitrogens with one attached hydrogen (secondary N) is 1. The van der Waals surface area contributed by atoms with E-state index in [9.17, 15) is 4.79 Å². The smallest absolute Gasteiger partial charge is 0.338 e. The molecule has 7 heteroatoms. The molecule has 2 aliphatic rings. The molecule has 136 valence electrons. The van der Waals surface area contributed by atoms with Gasteiger partial charge in [-0.15, -0.1) is 0 Å². The summed E-state index contributed by atoms with van der Waals surface area (Å²) in [6, 6.07) is 12.9. The van der Waals surface area contributed by atoms with Crippen LogP contribution in [-0.2, 0) is 6.54 Å². The molecule has 1 aliphatic heterocycles. The highest BCUT2D eigenvalue weighted by atomic mass is 16.4. The molecule has 2 aromatic heterocycles. The summed E-state index contributed by atoms with van der Waals surface area (Å²) in [6.07, 6.45) is 2.74. The molecule has 1 aromatic carbocycles. The SMILES string of the molecule is O=C(O)c1cnc(N2C[C@@H]3C(NCc4ccc5ccccc5n4)[C@@H]3C2)nc1. The Labute approximate surface area is 156 Å². The fourth-order valence-electron chi connectivity index (χ4n) is 4.02. The third-order valence-corrected chi connectivity index (χ3v) is 5.54. The van der Waals surface area contributed by atoms with E-state index in [0.717, 1.165) is 36.2 Å². The zero-order chi connectivity index (χ0) is 18.4. The van der Waals surface area contributed by atoms with Crippen LogP contribution in [-0.4, -0.2) is 45.2 Å². The van der Waals surface area contributed by atoms with Crippen LogP contribution in [0, 0.1) is 11.8 Å². The van der Waals surface area contributed by atoms with Gasteiger partial charge >= 0.3 is 5.97 Å². The molecule has 27 heavy (non-hydrogen) atoms. The van der Waals surface area contributed by atoms with Crippen LogP contribution in [0.15, 0.2) is 48.8 Å². The van der Waals surface area contributed by atoms with E-state index in [1.165, 1.54) is 12.4 Å². The van der Waals surface area contributed by atoms with Gasteiger partial charge in [0.05, 0.1) is 16.8 Å². The molecule has 2 N–H and O–H groups in total. The molecule has 0 spiro atoms. The third kappa shape index (κ3) is 3.00. The summed E-state index contributed by atoms with van der Waals surface area (Å²) < 4.78 is 0. The lowest BCUT2D eigenvalue weighted by molar-refractivity contribution is 0.0696. The van der Waals surface area contributed by atoms with Gasteiger partial charge in [0.1, 0.15) is 0 Å². The van der Waals surface area contributed by atoms with Crippen molar-refractivity contribution in [3.8, 4) is 0 Å². The minimum absolute atomic E-state index is 0.116. The summed E-state index contributed by atoms with van der Waals surface area (Å²) >= 11 is 0. The van der Waals surface area contributed by atoms with Crippen molar-refractivity contribution >= 4 is 22.8 Å². The molecule has 0 radical (unpaired) electrons. The van der Waals surface area contributed by atoms with E-state index in [0.29, 0.717) is 23.8 Å². The number of benzene rings is 1. The molecular weight excluding hydrogens is 342 g/mol. The number of piperidine rings is 1. The molecule has 0 bridgehead atoms. The maximum atomic E-state index is 10.9. The number of nitrogens with zero attached hydrogens (tertiary/aromatic N) is 4. The van der Waals surface area contributed by atoms with Crippen molar-refractivity contribution in [2.75, 3.05) is 18.0 Å². The normalized spacial score (nSPS) is 23.4.